The standard InChI is InChI=1S/C15H19FN4/c1-19-12(7-8-18-19)11-17-15-13(16)5-4-6-14(15)20-9-2-3-10-20/h4-8,17H,2-3,9-11H2,1H3. The lowest BCUT2D eigenvalue weighted by molar-refractivity contribution is 0.628. The summed E-state index contributed by atoms with van der Waals surface area (Å²) in [4.78, 5) is 2.24. The Balaban J connectivity index is 1.82. The maximum absolute atomic E-state index is 14.1. The van der Waals surface area contributed by atoms with Crippen molar-refractivity contribution in [1.82, 2.24) is 9.78 Å². The minimum atomic E-state index is -0.198. The molecule has 3 rings (SSSR count). The van der Waals surface area contributed by atoms with Crippen molar-refractivity contribution < 1.29 is 4.39 Å². The van der Waals surface area contributed by atoms with E-state index in [1.54, 1.807) is 16.9 Å². The Morgan fingerprint density at radius 1 is 1.25 bits per heavy atom. The number of hydrogen-bond donors (Lipinski definition) is 1. The van der Waals surface area contributed by atoms with Crippen LogP contribution in [0.25, 0.3) is 0 Å². The summed E-state index contributed by atoms with van der Waals surface area (Å²) in [6.45, 7) is 2.58. The van der Waals surface area contributed by atoms with Gasteiger partial charge in [0.05, 0.1) is 23.6 Å². The third-order valence-electron chi connectivity index (χ3n) is 3.81. The highest BCUT2D eigenvalue weighted by Crippen LogP contribution is 2.31. The molecule has 106 valence electrons. The summed E-state index contributed by atoms with van der Waals surface area (Å²) in [5.41, 5.74) is 2.58. The Bertz CT molecular complexity index is 587. The van der Waals surface area contributed by atoms with Crippen LogP contribution >= 0.6 is 0 Å². The molecule has 1 aromatic carbocycles. The molecule has 4 nitrogen and oxygen atoms in total. The van der Waals surface area contributed by atoms with Crippen molar-refractivity contribution in [2.24, 2.45) is 7.05 Å². The topological polar surface area (TPSA) is 33.1 Å². The van der Waals surface area contributed by atoms with Crippen LogP contribution < -0.4 is 10.2 Å². The predicted molar refractivity (Wildman–Crippen MR) is 78.4 cm³/mol. The first kappa shape index (κ1) is 13.0. The molecule has 5 heteroatoms. The summed E-state index contributed by atoms with van der Waals surface area (Å²) in [5, 5.41) is 7.35. The van der Waals surface area contributed by atoms with Crippen LogP contribution in [-0.4, -0.2) is 22.9 Å². The van der Waals surface area contributed by atoms with Crippen LogP contribution in [0, 0.1) is 5.82 Å². The second-order valence-electron chi connectivity index (χ2n) is 5.13. The van der Waals surface area contributed by atoms with Crippen molar-refractivity contribution in [2.45, 2.75) is 19.4 Å². The van der Waals surface area contributed by atoms with Crippen LogP contribution in [0.15, 0.2) is 30.5 Å². The summed E-state index contributed by atoms with van der Waals surface area (Å²) in [7, 11) is 1.89. The van der Waals surface area contributed by atoms with E-state index in [9.17, 15) is 4.39 Å². The van der Waals surface area contributed by atoms with Crippen molar-refractivity contribution in [2.75, 3.05) is 23.3 Å². The first-order valence-electron chi connectivity index (χ1n) is 7.00. The molecule has 0 atom stereocenters. The van der Waals surface area contributed by atoms with E-state index in [0.29, 0.717) is 12.2 Å². The quantitative estimate of drug-likeness (QED) is 0.930. The molecule has 20 heavy (non-hydrogen) atoms. The largest absolute Gasteiger partial charge is 0.375 e. The summed E-state index contributed by atoms with van der Waals surface area (Å²) < 4.78 is 15.9. The zero-order valence-electron chi connectivity index (χ0n) is 11.6. The molecule has 0 unspecified atom stereocenters. The predicted octanol–water partition coefficient (Wildman–Crippen LogP) is 2.77. The van der Waals surface area contributed by atoms with Crippen LogP contribution in [0.1, 0.15) is 18.5 Å². The summed E-state index contributed by atoms with van der Waals surface area (Å²) in [5.74, 6) is -0.198. The molecule has 0 bridgehead atoms. The molecular weight excluding hydrogens is 255 g/mol. The van der Waals surface area contributed by atoms with Crippen molar-refractivity contribution in [3.63, 3.8) is 0 Å². The number of benzene rings is 1. The third kappa shape index (κ3) is 2.48. The Hall–Kier alpha value is -2.04. The lowest BCUT2D eigenvalue weighted by Crippen LogP contribution is -2.20. The number of anilines is 2. The highest BCUT2D eigenvalue weighted by Gasteiger charge is 2.18. The number of aryl methyl sites for hydroxylation is 1. The number of aromatic nitrogens is 2. The SMILES string of the molecule is Cn1nccc1CNc1c(F)cccc1N1CCCC1. The molecule has 1 fully saturated rings. The van der Waals surface area contributed by atoms with Gasteiger partial charge >= 0.3 is 0 Å². The van der Waals surface area contributed by atoms with E-state index < -0.39 is 0 Å². The van der Waals surface area contributed by atoms with Crippen molar-refractivity contribution >= 4 is 11.4 Å². The second-order valence-corrected chi connectivity index (χ2v) is 5.13. The van der Waals surface area contributed by atoms with Gasteiger partial charge in [-0.2, -0.15) is 5.10 Å². The third-order valence-corrected chi connectivity index (χ3v) is 3.81. The van der Waals surface area contributed by atoms with Gasteiger partial charge in [0, 0.05) is 26.3 Å². The zero-order valence-corrected chi connectivity index (χ0v) is 11.6. The fourth-order valence-electron chi connectivity index (χ4n) is 2.66. The van der Waals surface area contributed by atoms with Gasteiger partial charge in [-0.05, 0) is 31.0 Å². The molecule has 1 saturated heterocycles. The van der Waals surface area contributed by atoms with E-state index in [1.165, 1.54) is 18.9 Å². The van der Waals surface area contributed by atoms with Crippen molar-refractivity contribution in [1.29, 1.82) is 0 Å². The maximum Gasteiger partial charge on any atom is 0.148 e. The molecule has 0 radical (unpaired) electrons. The average Bonchev–Trinajstić information content (AvgIpc) is 3.09. The molecule has 2 aromatic rings. The smallest absolute Gasteiger partial charge is 0.148 e. The van der Waals surface area contributed by atoms with E-state index >= 15 is 0 Å². The number of para-hydroxylation sites is 1. The molecule has 1 aliphatic heterocycles. The van der Waals surface area contributed by atoms with Crippen LogP contribution in [0.4, 0.5) is 15.8 Å². The van der Waals surface area contributed by atoms with E-state index in [0.717, 1.165) is 24.5 Å². The maximum atomic E-state index is 14.1. The van der Waals surface area contributed by atoms with E-state index in [2.05, 4.69) is 15.3 Å². The Labute approximate surface area is 118 Å². The van der Waals surface area contributed by atoms with Gasteiger partial charge in [-0.1, -0.05) is 6.07 Å². The summed E-state index contributed by atoms with van der Waals surface area (Å²) in [6.07, 6.45) is 4.11. The molecule has 0 amide bonds. The molecule has 0 aliphatic carbocycles. The molecule has 0 saturated carbocycles. The minimum absolute atomic E-state index is 0.198. The molecule has 0 spiro atoms. The fourth-order valence-corrected chi connectivity index (χ4v) is 2.66. The molecule has 2 heterocycles. The van der Waals surface area contributed by atoms with Crippen LogP contribution in [0.3, 0.4) is 0 Å². The number of halogens is 1. The van der Waals surface area contributed by atoms with Gasteiger partial charge < -0.3 is 10.2 Å². The van der Waals surface area contributed by atoms with E-state index in [1.807, 2.05) is 19.2 Å². The van der Waals surface area contributed by atoms with E-state index in [4.69, 9.17) is 0 Å². The van der Waals surface area contributed by atoms with Gasteiger partial charge in [-0.3, -0.25) is 4.68 Å². The molecule has 1 aromatic heterocycles. The van der Waals surface area contributed by atoms with Crippen molar-refractivity contribution in [3.05, 3.63) is 42.0 Å². The van der Waals surface area contributed by atoms with E-state index in [-0.39, 0.29) is 5.82 Å². The molecular formula is C15H19FN4. The van der Waals surface area contributed by atoms with Gasteiger partial charge in [-0.25, -0.2) is 4.39 Å². The van der Waals surface area contributed by atoms with Crippen LogP contribution in [0.5, 0.6) is 0 Å². The average molecular weight is 274 g/mol. The number of rotatable bonds is 4. The number of nitrogens with zero attached hydrogens (tertiary/aromatic N) is 3. The highest BCUT2D eigenvalue weighted by atomic mass is 19.1. The van der Waals surface area contributed by atoms with Gasteiger partial charge in [0.25, 0.3) is 0 Å². The molecule has 1 aliphatic rings. The first-order valence-corrected chi connectivity index (χ1v) is 7.00. The Morgan fingerprint density at radius 2 is 2.05 bits per heavy atom. The highest BCUT2D eigenvalue weighted by molar-refractivity contribution is 5.71. The second kappa shape index (κ2) is 5.53. The summed E-state index contributed by atoms with van der Waals surface area (Å²) >= 11 is 0. The van der Waals surface area contributed by atoms with Gasteiger partial charge in [-0.15, -0.1) is 0 Å². The fraction of sp³-hybridized carbons (Fsp3) is 0.400. The molecule has 1 N–H and O–H groups in total. The normalized spacial score (nSPS) is 14.8. The van der Waals surface area contributed by atoms with Crippen LogP contribution in [-0.2, 0) is 13.6 Å². The van der Waals surface area contributed by atoms with Crippen molar-refractivity contribution in [3.8, 4) is 0 Å². The monoisotopic (exact) mass is 274 g/mol. The minimum Gasteiger partial charge on any atom is -0.375 e. The lowest BCUT2D eigenvalue weighted by atomic mass is 10.2. The summed E-state index contributed by atoms with van der Waals surface area (Å²) in [6, 6.07) is 7.20. The van der Waals surface area contributed by atoms with Gasteiger partial charge in [0.1, 0.15) is 5.82 Å². The zero-order chi connectivity index (χ0) is 13.9. The number of nitrogens with one attached hydrogen (secondary N) is 1. The first-order chi connectivity index (χ1) is 9.75. The van der Waals surface area contributed by atoms with Gasteiger partial charge in [0.15, 0.2) is 0 Å². The Morgan fingerprint density at radius 3 is 2.75 bits per heavy atom. The van der Waals surface area contributed by atoms with Gasteiger partial charge in [0.2, 0.25) is 0 Å². The Kier molecular flexibility index (Phi) is 3.58. The van der Waals surface area contributed by atoms with Crippen LogP contribution in [0.2, 0.25) is 0 Å². The number of hydrogen-bond acceptors (Lipinski definition) is 3. The lowest BCUT2D eigenvalue weighted by Gasteiger charge is -2.22.